The molecule has 0 saturated carbocycles. The summed E-state index contributed by atoms with van der Waals surface area (Å²) in [5, 5.41) is 13.8. The number of likely N-dealkylation sites (N-methyl/N-ethyl adjacent to an activating group) is 1. The first-order valence-corrected chi connectivity index (χ1v) is 30.5. The van der Waals surface area contributed by atoms with Crippen molar-refractivity contribution >= 4 is 13.7 Å². The lowest BCUT2D eigenvalue weighted by atomic mass is 10.1. The molecule has 0 radical (unpaired) electrons. The van der Waals surface area contributed by atoms with Crippen LogP contribution in [0, 0.1) is 0 Å². The third-order valence-electron chi connectivity index (χ3n) is 11.7. The van der Waals surface area contributed by atoms with Gasteiger partial charge in [0.2, 0.25) is 5.91 Å². The van der Waals surface area contributed by atoms with Gasteiger partial charge in [0.15, 0.2) is 0 Å². The standard InChI is InChI=1S/C66H107N2O6P/c1-6-8-10-12-14-16-18-20-22-23-24-25-26-27-28-29-30-31-32-33-34-35-36-37-38-39-40-41-42-43-44-45-46-48-50-52-54-56-58-60-66(70)67-64(63-74-75(71,72)73-62-61-68(3,4)5)65(69)59-57-55-53-51-49-47-21-19-17-15-13-11-9-7-2/h8,10,14,16,20,22,24-25,27-28,30-31,33-34,36-37,39-40,42-43,45-46,49-52,57,59,64-65,69H,6-7,9,11-13,15,17-19,21,23,26,29,32,35,38,41,44,47-48,53-56,58,60-63H2,1-5H3,(H-,67,70,71,72)/p+1/b10-8-,16-14-,22-20-,25-24-,28-27-,31-30-,34-33-,37-36-,40-39-,43-42-,46-45-,51-49+,52-50-,59-57+. The summed E-state index contributed by atoms with van der Waals surface area (Å²) in [6.07, 6.45) is 87.5. The number of hydrogen-bond donors (Lipinski definition) is 3. The molecule has 75 heavy (non-hydrogen) atoms. The van der Waals surface area contributed by atoms with Crippen molar-refractivity contribution in [1.82, 2.24) is 5.32 Å². The zero-order chi connectivity index (χ0) is 54.9. The van der Waals surface area contributed by atoms with Gasteiger partial charge in [0.05, 0.1) is 39.9 Å². The SMILES string of the molecule is CC/C=C\C/C=C\C/C=C\C/C=C\C/C=C\C/C=C\C/C=C\C/C=C\C/C=C\C/C=C\C/C=C\C/C=C\CCCCC(=O)NC(COP(=O)(O)OCC[N+](C)(C)C)C(O)/C=C/CC/C=C/CCCCCCCCCC. The average molecular weight is 1060 g/mol. The van der Waals surface area contributed by atoms with E-state index in [1.165, 1.54) is 51.4 Å². The average Bonchev–Trinajstić information content (AvgIpc) is 3.37. The van der Waals surface area contributed by atoms with Gasteiger partial charge in [0.25, 0.3) is 0 Å². The number of allylic oxidation sites excluding steroid dienone is 27. The molecule has 0 aromatic carbocycles. The second kappa shape index (κ2) is 54.6. The Morgan fingerprint density at radius 2 is 0.813 bits per heavy atom. The fourth-order valence-corrected chi connectivity index (χ4v) is 7.89. The number of aliphatic hydroxyl groups is 1. The molecular formula is C66H108N2O6P+. The summed E-state index contributed by atoms with van der Waals surface area (Å²) >= 11 is 0. The van der Waals surface area contributed by atoms with Crippen LogP contribution >= 0.6 is 7.82 Å². The summed E-state index contributed by atoms with van der Waals surface area (Å²) < 4.78 is 23.6. The van der Waals surface area contributed by atoms with Crippen molar-refractivity contribution in [3.63, 3.8) is 0 Å². The van der Waals surface area contributed by atoms with Crippen LogP contribution in [-0.2, 0) is 18.4 Å². The molecule has 0 aromatic heterocycles. The lowest BCUT2D eigenvalue weighted by molar-refractivity contribution is -0.870. The number of carbonyl (C=O) groups excluding carboxylic acids is 1. The molecular weight excluding hydrogens is 948 g/mol. The lowest BCUT2D eigenvalue weighted by Gasteiger charge is -2.25. The van der Waals surface area contributed by atoms with E-state index < -0.39 is 20.0 Å². The number of aliphatic hydroxyl groups excluding tert-OH is 1. The topological polar surface area (TPSA) is 105 Å². The van der Waals surface area contributed by atoms with Crippen LogP contribution in [0.2, 0.25) is 0 Å². The van der Waals surface area contributed by atoms with E-state index in [9.17, 15) is 19.4 Å². The van der Waals surface area contributed by atoms with E-state index in [0.717, 1.165) is 109 Å². The number of unbranched alkanes of at least 4 members (excludes halogenated alkanes) is 11. The second-order valence-corrected chi connectivity index (χ2v) is 21.4. The molecule has 3 unspecified atom stereocenters. The Bertz CT molecular complexity index is 1820. The Hall–Kier alpha value is -4.14. The Kier molecular flexibility index (Phi) is 51.6. The maximum absolute atomic E-state index is 12.9. The van der Waals surface area contributed by atoms with Crippen LogP contribution in [0.3, 0.4) is 0 Å². The van der Waals surface area contributed by atoms with Crippen molar-refractivity contribution in [2.24, 2.45) is 0 Å². The molecule has 422 valence electrons. The molecule has 0 spiro atoms. The van der Waals surface area contributed by atoms with E-state index in [1.807, 2.05) is 27.2 Å². The van der Waals surface area contributed by atoms with E-state index in [1.54, 1.807) is 6.08 Å². The summed E-state index contributed by atoms with van der Waals surface area (Å²) in [7, 11) is 1.50. The van der Waals surface area contributed by atoms with E-state index in [0.29, 0.717) is 17.4 Å². The highest BCUT2D eigenvalue weighted by Crippen LogP contribution is 2.43. The van der Waals surface area contributed by atoms with Crippen LogP contribution in [0.4, 0.5) is 0 Å². The second-order valence-electron chi connectivity index (χ2n) is 19.9. The third kappa shape index (κ3) is 57.4. The maximum atomic E-state index is 12.9. The smallest absolute Gasteiger partial charge is 0.387 e. The highest BCUT2D eigenvalue weighted by Gasteiger charge is 2.27. The first-order valence-electron chi connectivity index (χ1n) is 29.0. The van der Waals surface area contributed by atoms with Gasteiger partial charge in [-0.3, -0.25) is 13.8 Å². The van der Waals surface area contributed by atoms with Crippen LogP contribution in [0.25, 0.3) is 0 Å². The fraction of sp³-hybridized carbons (Fsp3) is 0.561. The summed E-state index contributed by atoms with van der Waals surface area (Å²) in [6.45, 7) is 4.60. The Morgan fingerprint density at radius 1 is 0.467 bits per heavy atom. The summed E-state index contributed by atoms with van der Waals surface area (Å²) in [5.74, 6) is -0.238. The van der Waals surface area contributed by atoms with Gasteiger partial charge >= 0.3 is 7.82 Å². The van der Waals surface area contributed by atoms with Gasteiger partial charge in [0, 0.05) is 6.42 Å². The van der Waals surface area contributed by atoms with Crippen LogP contribution in [0.1, 0.15) is 187 Å². The summed E-state index contributed by atoms with van der Waals surface area (Å²) in [5.41, 5.74) is 0. The fourth-order valence-electron chi connectivity index (χ4n) is 7.15. The van der Waals surface area contributed by atoms with Crippen molar-refractivity contribution < 1.29 is 32.9 Å². The molecule has 3 N–H and O–H groups in total. The molecule has 0 aliphatic carbocycles. The molecule has 0 saturated heterocycles. The molecule has 1 amide bonds. The summed E-state index contributed by atoms with van der Waals surface area (Å²) in [4.78, 5) is 23.2. The minimum Gasteiger partial charge on any atom is -0.387 e. The van der Waals surface area contributed by atoms with Gasteiger partial charge in [-0.05, 0) is 122 Å². The van der Waals surface area contributed by atoms with Crippen molar-refractivity contribution in [2.75, 3.05) is 40.9 Å². The van der Waals surface area contributed by atoms with Gasteiger partial charge < -0.3 is 19.8 Å². The molecule has 0 aliphatic rings. The Balaban J connectivity index is 4.30. The van der Waals surface area contributed by atoms with Crippen molar-refractivity contribution in [2.45, 2.75) is 199 Å². The number of quaternary nitrogens is 1. The van der Waals surface area contributed by atoms with Crippen LogP contribution < -0.4 is 5.32 Å². The van der Waals surface area contributed by atoms with E-state index in [2.05, 4.69) is 177 Å². The predicted octanol–water partition coefficient (Wildman–Crippen LogP) is 18.0. The number of carbonyl (C=O) groups is 1. The van der Waals surface area contributed by atoms with Gasteiger partial charge in [0.1, 0.15) is 13.2 Å². The number of hydrogen-bond acceptors (Lipinski definition) is 5. The largest absolute Gasteiger partial charge is 0.472 e. The minimum absolute atomic E-state index is 0.0379. The molecule has 0 fully saturated rings. The highest BCUT2D eigenvalue weighted by molar-refractivity contribution is 7.47. The predicted molar refractivity (Wildman–Crippen MR) is 327 cm³/mol. The normalized spacial score (nSPS) is 15.1. The van der Waals surface area contributed by atoms with Crippen molar-refractivity contribution in [3.8, 4) is 0 Å². The number of rotatable bonds is 50. The highest BCUT2D eigenvalue weighted by atomic mass is 31.2. The van der Waals surface area contributed by atoms with Crippen LogP contribution in [0.5, 0.6) is 0 Å². The van der Waals surface area contributed by atoms with Crippen LogP contribution in [-0.4, -0.2) is 73.4 Å². The van der Waals surface area contributed by atoms with Gasteiger partial charge in [-0.2, -0.15) is 0 Å². The molecule has 0 aromatic rings. The summed E-state index contributed by atoms with van der Waals surface area (Å²) in [6, 6.07) is -0.899. The maximum Gasteiger partial charge on any atom is 0.472 e. The molecule has 0 heterocycles. The monoisotopic (exact) mass is 1060 g/mol. The molecule has 8 nitrogen and oxygen atoms in total. The zero-order valence-electron chi connectivity index (χ0n) is 48.0. The number of nitrogens with one attached hydrogen (secondary N) is 1. The molecule has 0 aliphatic heterocycles. The number of phosphoric acid groups is 1. The molecule has 0 rings (SSSR count). The molecule has 0 bridgehead atoms. The first-order chi connectivity index (χ1) is 36.5. The lowest BCUT2D eigenvalue weighted by Crippen LogP contribution is -2.45. The van der Waals surface area contributed by atoms with Gasteiger partial charge in [-0.1, -0.05) is 229 Å². The molecule has 3 atom stereocenters. The first kappa shape index (κ1) is 70.9. The number of nitrogens with zero attached hydrogens (tertiary/aromatic N) is 1. The number of phosphoric ester groups is 1. The quantitative estimate of drug-likeness (QED) is 0.0243. The van der Waals surface area contributed by atoms with Gasteiger partial charge in [-0.25, -0.2) is 4.57 Å². The molecule has 9 heteroatoms. The van der Waals surface area contributed by atoms with Crippen molar-refractivity contribution in [3.05, 3.63) is 170 Å². The Labute approximate surface area is 460 Å². The Morgan fingerprint density at radius 3 is 1.23 bits per heavy atom. The van der Waals surface area contributed by atoms with Gasteiger partial charge in [-0.15, -0.1) is 0 Å². The van der Waals surface area contributed by atoms with E-state index in [4.69, 9.17) is 9.05 Å². The van der Waals surface area contributed by atoms with Crippen LogP contribution in [0.15, 0.2) is 170 Å². The minimum atomic E-state index is -4.38. The van der Waals surface area contributed by atoms with E-state index >= 15 is 0 Å². The zero-order valence-corrected chi connectivity index (χ0v) is 48.8. The van der Waals surface area contributed by atoms with Crippen molar-refractivity contribution in [1.29, 1.82) is 0 Å². The third-order valence-corrected chi connectivity index (χ3v) is 12.7. The number of amides is 1. The van der Waals surface area contributed by atoms with E-state index in [-0.39, 0.29) is 25.5 Å².